The second kappa shape index (κ2) is 52.0. The van der Waals surface area contributed by atoms with Crippen LogP contribution in [-0.4, -0.2) is 47.4 Å². The maximum Gasteiger partial charge on any atom is 0.306 e. The third kappa shape index (κ3) is 43.9. The fourth-order valence-corrected chi connectivity index (χ4v) is 14.2. The van der Waals surface area contributed by atoms with E-state index in [-0.39, 0.29) is 17.9 Å². The minimum atomic E-state index is -1.17. The first-order chi connectivity index (χ1) is 34.3. The molecule has 0 aromatic carbocycles. The van der Waals surface area contributed by atoms with E-state index in [2.05, 4.69) is 116 Å². The van der Waals surface area contributed by atoms with Crippen molar-refractivity contribution in [2.45, 2.75) is 346 Å². The molecule has 0 aromatic rings. The number of halogens is 6. The molecule has 6 nitrogen and oxygen atoms in total. The zero-order valence-electron chi connectivity index (χ0n) is 46.0. The summed E-state index contributed by atoms with van der Waals surface area (Å²) in [5, 5.41) is -2.71. The van der Waals surface area contributed by atoms with Crippen molar-refractivity contribution in [3.05, 3.63) is 0 Å². The summed E-state index contributed by atoms with van der Waals surface area (Å²) >= 11 is 22.6. The fourth-order valence-electron chi connectivity index (χ4n) is 9.11. The molecule has 0 N–H and O–H groups in total. The number of hydrogen-bond donors (Lipinski definition) is 0. The molecular weight excluding hydrogens is 1280 g/mol. The third-order valence-electron chi connectivity index (χ3n) is 14.2. The third-order valence-corrected chi connectivity index (χ3v) is 20.5. The minimum absolute atomic E-state index is 0.297. The Bertz CT molecular complexity index is 1070. The Morgan fingerprint density at radius 3 is 0.662 bits per heavy atom. The van der Waals surface area contributed by atoms with Crippen molar-refractivity contribution in [1.82, 2.24) is 0 Å². The van der Waals surface area contributed by atoms with Gasteiger partial charge in [0.1, 0.15) is 5.41 Å². The van der Waals surface area contributed by atoms with Crippen LogP contribution in [-0.2, 0) is 28.6 Å². The highest BCUT2D eigenvalue weighted by atomic mass is 79.9. The van der Waals surface area contributed by atoms with E-state index in [1.54, 1.807) is 6.92 Å². The van der Waals surface area contributed by atoms with Gasteiger partial charge in [-0.25, -0.2) is 0 Å². The zero-order valence-corrected chi connectivity index (χ0v) is 55.5. The van der Waals surface area contributed by atoms with Crippen LogP contribution in [0.1, 0.15) is 317 Å². The van der Waals surface area contributed by atoms with Gasteiger partial charge >= 0.3 is 17.9 Å². The average molecular weight is 1390 g/mol. The van der Waals surface area contributed by atoms with E-state index in [0.717, 1.165) is 57.8 Å². The molecule has 0 aliphatic heterocycles. The second-order valence-electron chi connectivity index (χ2n) is 21.2. The number of carbonyl (C=O) groups excluding carboxylic acids is 3. The Morgan fingerprint density at radius 2 is 0.465 bits per heavy atom. The van der Waals surface area contributed by atoms with E-state index in [1.165, 1.54) is 212 Å². The molecule has 0 aliphatic carbocycles. The first kappa shape index (κ1) is 72.3. The van der Waals surface area contributed by atoms with Crippen molar-refractivity contribution in [2.24, 2.45) is 5.41 Å². The molecule has 0 radical (unpaired) electrons. The molecule has 12 heteroatoms. The molecule has 0 aromatic heterocycles. The number of rotatable bonds is 54. The number of unbranched alkanes of at least 4 members (excludes halogenated alkanes) is 30. The van der Waals surface area contributed by atoms with Gasteiger partial charge in [0.05, 0.1) is 0 Å². The maximum atomic E-state index is 13.2. The SMILES string of the molecule is CCCCCCCCC(Br)CCCCCCCCC(=O)OC(Br)C(C)(C(Br)OC(=O)CCCCCCCCC(Br)CCCCCCCC)C(Br)OC(=O)CCCCCCCCC(Br)CCCCCCCC. The zero-order chi connectivity index (χ0) is 52.6. The van der Waals surface area contributed by atoms with Crippen LogP contribution in [0.3, 0.4) is 0 Å². The van der Waals surface area contributed by atoms with E-state index in [0.29, 0.717) is 33.7 Å². The van der Waals surface area contributed by atoms with Crippen molar-refractivity contribution in [2.75, 3.05) is 0 Å². The van der Waals surface area contributed by atoms with E-state index in [4.69, 9.17) is 14.2 Å². The topological polar surface area (TPSA) is 78.9 Å². The molecule has 0 rings (SSSR count). The van der Waals surface area contributed by atoms with Gasteiger partial charge in [0.25, 0.3) is 0 Å². The molecule has 71 heavy (non-hydrogen) atoms. The predicted molar refractivity (Wildman–Crippen MR) is 327 cm³/mol. The van der Waals surface area contributed by atoms with Crippen LogP contribution in [0.5, 0.6) is 0 Å². The Morgan fingerprint density at radius 1 is 0.296 bits per heavy atom. The van der Waals surface area contributed by atoms with Crippen LogP contribution in [0.4, 0.5) is 0 Å². The summed E-state index contributed by atoms with van der Waals surface area (Å²) in [6, 6.07) is 0. The molecule has 0 spiro atoms. The van der Waals surface area contributed by atoms with Crippen LogP contribution in [0.25, 0.3) is 0 Å². The van der Waals surface area contributed by atoms with Crippen LogP contribution in [0.15, 0.2) is 0 Å². The van der Waals surface area contributed by atoms with Crippen LogP contribution < -0.4 is 0 Å². The fraction of sp³-hybridized carbons (Fsp3) is 0.949. The van der Waals surface area contributed by atoms with Gasteiger partial charge in [-0.1, -0.05) is 280 Å². The minimum Gasteiger partial charge on any atom is -0.450 e. The molecule has 0 aliphatic rings. The Labute approximate surface area is 489 Å². The summed E-state index contributed by atoms with van der Waals surface area (Å²) in [7, 11) is 0. The van der Waals surface area contributed by atoms with Gasteiger partial charge in [0.2, 0.25) is 0 Å². The summed E-state index contributed by atoms with van der Waals surface area (Å²) in [5.74, 6) is -0.998. The molecule has 0 saturated heterocycles. The van der Waals surface area contributed by atoms with Gasteiger partial charge in [-0.15, -0.1) is 0 Å². The predicted octanol–water partition coefficient (Wildman–Crippen LogP) is 22.7. The van der Waals surface area contributed by atoms with E-state index in [9.17, 15) is 14.4 Å². The number of carbonyl (C=O) groups is 3. The lowest BCUT2D eigenvalue weighted by molar-refractivity contribution is -0.167. The lowest BCUT2D eigenvalue weighted by atomic mass is 9.93. The van der Waals surface area contributed by atoms with E-state index >= 15 is 0 Å². The molecule has 0 heterocycles. The second-order valence-corrected chi connectivity index (χ2v) is 27.6. The highest BCUT2D eigenvalue weighted by molar-refractivity contribution is 9.11. The lowest BCUT2D eigenvalue weighted by Crippen LogP contribution is -2.49. The maximum absolute atomic E-state index is 13.2. The van der Waals surface area contributed by atoms with Crippen LogP contribution >= 0.6 is 95.6 Å². The smallest absolute Gasteiger partial charge is 0.306 e. The molecule has 0 saturated carbocycles. The molecule has 0 amide bonds. The summed E-state index contributed by atoms with van der Waals surface area (Å²) in [5.41, 5.74) is -1.17. The van der Waals surface area contributed by atoms with E-state index in [1.807, 2.05) is 0 Å². The van der Waals surface area contributed by atoms with Gasteiger partial charge in [-0.05, 0) is 113 Å². The van der Waals surface area contributed by atoms with Gasteiger partial charge in [-0.2, -0.15) is 0 Å². The summed E-state index contributed by atoms with van der Waals surface area (Å²) < 4.78 is 17.9. The number of hydrogen-bond acceptors (Lipinski definition) is 6. The number of esters is 3. The summed E-state index contributed by atoms with van der Waals surface area (Å²) in [6.45, 7) is 8.61. The molecular formula is C59H108Br6O6. The van der Waals surface area contributed by atoms with Gasteiger partial charge in [0, 0.05) is 33.7 Å². The highest BCUT2D eigenvalue weighted by Gasteiger charge is 2.51. The van der Waals surface area contributed by atoms with Crippen molar-refractivity contribution in [3.8, 4) is 0 Å². The van der Waals surface area contributed by atoms with Crippen molar-refractivity contribution >= 4 is 113 Å². The molecule has 6 atom stereocenters. The Balaban J connectivity index is 4.92. The van der Waals surface area contributed by atoms with Crippen molar-refractivity contribution < 1.29 is 28.6 Å². The lowest BCUT2D eigenvalue weighted by Gasteiger charge is -2.39. The summed E-state index contributed by atoms with van der Waals surface area (Å²) in [6.07, 6.45) is 52.0. The van der Waals surface area contributed by atoms with E-state index < -0.39 is 20.5 Å². The van der Waals surface area contributed by atoms with Crippen LogP contribution in [0.2, 0.25) is 0 Å². The summed E-state index contributed by atoms with van der Waals surface area (Å²) in [4.78, 5) is 41.5. The average Bonchev–Trinajstić information content (AvgIpc) is 3.34. The largest absolute Gasteiger partial charge is 0.450 e. The number of ether oxygens (including phenoxy) is 3. The van der Waals surface area contributed by atoms with Crippen LogP contribution in [0, 0.1) is 5.41 Å². The molecule has 0 bridgehead atoms. The monoisotopic (exact) mass is 1390 g/mol. The quantitative estimate of drug-likeness (QED) is 0.0261. The molecule has 6 unspecified atom stereocenters. The first-order valence-electron chi connectivity index (χ1n) is 29.7. The normalized spacial score (nSPS) is 15.1. The number of alkyl halides is 6. The van der Waals surface area contributed by atoms with Crippen molar-refractivity contribution in [3.63, 3.8) is 0 Å². The first-order valence-corrected chi connectivity index (χ1v) is 35.2. The van der Waals surface area contributed by atoms with Gasteiger partial charge < -0.3 is 14.2 Å². The highest BCUT2D eigenvalue weighted by Crippen LogP contribution is 2.45. The Kier molecular flexibility index (Phi) is 53.0. The van der Waals surface area contributed by atoms with Gasteiger partial charge in [0.15, 0.2) is 15.0 Å². The molecule has 422 valence electrons. The standard InChI is InChI=1S/C59H108Br6O6/c1-5-8-11-14-23-32-41-50(60)44-35-26-17-20-29-38-47-53(66)69-56(63)59(4,57(64)70-54(67)48-39-30-21-18-27-36-45-51(61)42-33-24-15-12-9-6-2)58(65)71-55(68)49-40-31-22-19-28-37-46-52(62)43-34-25-16-13-10-7-3/h50-52,56-58H,5-49H2,1-4H3. The van der Waals surface area contributed by atoms with Gasteiger partial charge in [-0.3, -0.25) is 14.4 Å². The Hall–Kier alpha value is 1.29. The molecule has 0 fully saturated rings. The van der Waals surface area contributed by atoms with Crippen molar-refractivity contribution in [1.29, 1.82) is 0 Å².